The third kappa shape index (κ3) is 2.27. The summed E-state index contributed by atoms with van der Waals surface area (Å²) < 4.78 is 18.6. The SMILES string of the molecule is CC(C)(C)c1ncc(-c2c[nH]c(=O)c(F)c2)o1. The van der Waals surface area contributed by atoms with Crippen molar-refractivity contribution in [2.75, 3.05) is 0 Å². The molecular formula is C12H13FN2O2. The average Bonchev–Trinajstić information content (AvgIpc) is 2.70. The van der Waals surface area contributed by atoms with Crippen molar-refractivity contribution < 1.29 is 8.81 Å². The van der Waals surface area contributed by atoms with Crippen molar-refractivity contribution in [3.63, 3.8) is 0 Å². The first-order chi connectivity index (χ1) is 7.88. The first-order valence-electron chi connectivity index (χ1n) is 5.23. The van der Waals surface area contributed by atoms with Gasteiger partial charge in [-0.25, -0.2) is 9.37 Å². The molecule has 0 amide bonds. The van der Waals surface area contributed by atoms with Crippen LogP contribution in [0, 0.1) is 5.82 Å². The lowest BCUT2D eigenvalue weighted by Crippen LogP contribution is -2.11. The van der Waals surface area contributed by atoms with E-state index in [9.17, 15) is 9.18 Å². The molecule has 0 unspecified atom stereocenters. The highest BCUT2D eigenvalue weighted by atomic mass is 19.1. The van der Waals surface area contributed by atoms with Gasteiger partial charge >= 0.3 is 0 Å². The molecule has 4 nitrogen and oxygen atoms in total. The lowest BCUT2D eigenvalue weighted by molar-refractivity contribution is 0.399. The van der Waals surface area contributed by atoms with Crippen LogP contribution >= 0.6 is 0 Å². The van der Waals surface area contributed by atoms with Gasteiger partial charge < -0.3 is 9.40 Å². The number of oxazole rings is 1. The van der Waals surface area contributed by atoms with Gasteiger partial charge in [0, 0.05) is 17.2 Å². The standard InChI is InChI=1S/C12H13FN2O2/c1-12(2,3)11-15-6-9(17-11)7-4-8(13)10(16)14-5-7/h4-6H,1-3H3,(H,14,16). The Morgan fingerprint density at radius 3 is 2.65 bits per heavy atom. The fraction of sp³-hybridized carbons (Fsp3) is 0.333. The van der Waals surface area contributed by atoms with Crippen molar-refractivity contribution in [3.8, 4) is 11.3 Å². The van der Waals surface area contributed by atoms with Crippen molar-refractivity contribution in [3.05, 3.63) is 40.5 Å². The van der Waals surface area contributed by atoms with Crippen LogP contribution < -0.4 is 5.56 Å². The Morgan fingerprint density at radius 1 is 1.41 bits per heavy atom. The highest BCUT2D eigenvalue weighted by Crippen LogP contribution is 2.26. The topological polar surface area (TPSA) is 58.9 Å². The van der Waals surface area contributed by atoms with E-state index >= 15 is 0 Å². The Labute approximate surface area is 97.5 Å². The predicted octanol–water partition coefficient (Wildman–Crippen LogP) is 2.47. The zero-order valence-corrected chi connectivity index (χ0v) is 9.87. The molecule has 0 fully saturated rings. The minimum atomic E-state index is -0.837. The van der Waals surface area contributed by atoms with E-state index in [0.29, 0.717) is 17.2 Å². The van der Waals surface area contributed by atoms with Crippen molar-refractivity contribution in [2.45, 2.75) is 26.2 Å². The summed E-state index contributed by atoms with van der Waals surface area (Å²) in [7, 11) is 0. The molecule has 0 saturated carbocycles. The minimum Gasteiger partial charge on any atom is -0.440 e. The molecule has 0 aliphatic carbocycles. The Morgan fingerprint density at radius 2 is 2.12 bits per heavy atom. The fourth-order valence-electron chi connectivity index (χ4n) is 1.35. The molecule has 2 aromatic heterocycles. The number of halogens is 1. The van der Waals surface area contributed by atoms with Crippen LogP contribution in [0.15, 0.2) is 27.7 Å². The van der Waals surface area contributed by atoms with Crippen molar-refractivity contribution in [1.29, 1.82) is 0 Å². The molecule has 1 N–H and O–H groups in total. The van der Waals surface area contributed by atoms with E-state index in [1.54, 1.807) is 0 Å². The molecule has 0 radical (unpaired) electrons. The van der Waals surface area contributed by atoms with E-state index < -0.39 is 11.4 Å². The van der Waals surface area contributed by atoms with E-state index in [4.69, 9.17) is 4.42 Å². The number of hydrogen-bond donors (Lipinski definition) is 1. The number of nitrogens with one attached hydrogen (secondary N) is 1. The number of H-pyrrole nitrogens is 1. The van der Waals surface area contributed by atoms with Crippen molar-refractivity contribution >= 4 is 0 Å². The maximum Gasteiger partial charge on any atom is 0.283 e. The van der Waals surface area contributed by atoms with E-state index in [0.717, 1.165) is 6.07 Å². The predicted molar refractivity (Wildman–Crippen MR) is 61.2 cm³/mol. The van der Waals surface area contributed by atoms with Crippen LogP contribution in [-0.4, -0.2) is 9.97 Å². The molecule has 0 bridgehead atoms. The second-order valence-electron chi connectivity index (χ2n) is 4.85. The summed E-state index contributed by atoms with van der Waals surface area (Å²) in [6, 6.07) is 1.13. The molecule has 0 atom stereocenters. The van der Waals surface area contributed by atoms with Crippen LogP contribution in [0.3, 0.4) is 0 Å². The largest absolute Gasteiger partial charge is 0.440 e. The van der Waals surface area contributed by atoms with E-state index in [1.807, 2.05) is 20.8 Å². The van der Waals surface area contributed by atoms with Crippen LogP contribution in [-0.2, 0) is 5.41 Å². The Kier molecular flexibility index (Phi) is 2.61. The summed E-state index contributed by atoms with van der Waals surface area (Å²) in [5, 5.41) is 0. The maximum atomic E-state index is 13.1. The smallest absolute Gasteiger partial charge is 0.283 e. The van der Waals surface area contributed by atoms with E-state index in [2.05, 4.69) is 9.97 Å². The van der Waals surface area contributed by atoms with Crippen LogP contribution in [0.1, 0.15) is 26.7 Å². The Balaban J connectivity index is 2.44. The molecule has 90 valence electrons. The first kappa shape index (κ1) is 11.6. The van der Waals surface area contributed by atoms with Gasteiger partial charge in [0.2, 0.25) is 0 Å². The molecule has 0 aliphatic heterocycles. The van der Waals surface area contributed by atoms with Gasteiger partial charge in [-0.2, -0.15) is 0 Å². The summed E-state index contributed by atoms with van der Waals surface area (Å²) in [5.74, 6) is 0.167. The highest BCUT2D eigenvalue weighted by molar-refractivity contribution is 5.54. The second-order valence-corrected chi connectivity index (χ2v) is 4.85. The van der Waals surface area contributed by atoms with Crippen LogP contribution in [0.2, 0.25) is 0 Å². The van der Waals surface area contributed by atoms with Crippen LogP contribution in [0.25, 0.3) is 11.3 Å². The summed E-state index contributed by atoms with van der Waals surface area (Å²) >= 11 is 0. The third-order valence-corrected chi connectivity index (χ3v) is 2.29. The summed E-state index contributed by atoms with van der Waals surface area (Å²) in [4.78, 5) is 17.3. The molecular weight excluding hydrogens is 223 g/mol. The number of pyridine rings is 1. The van der Waals surface area contributed by atoms with Gasteiger partial charge in [0.25, 0.3) is 5.56 Å². The third-order valence-electron chi connectivity index (χ3n) is 2.29. The Hall–Kier alpha value is -1.91. The number of aromatic amines is 1. The number of rotatable bonds is 1. The van der Waals surface area contributed by atoms with Gasteiger partial charge in [0.15, 0.2) is 17.5 Å². The van der Waals surface area contributed by atoms with Crippen LogP contribution in [0.4, 0.5) is 4.39 Å². The van der Waals surface area contributed by atoms with Gasteiger partial charge in [-0.15, -0.1) is 0 Å². The molecule has 2 aromatic rings. The number of aromatic nitrogens is 2. The quantitative estimate of drug-likeness (QED) is 0.827. The monoisotopic (exact) mass is 236 g/mol. The zero-order chi connectivity index (χ0) is 12.6. The molecule has 5 heteroatoms. The van der Waals surface area contributed by atoms with Gasteiger partial charge in [-0.1, -0.05) is 20.8 Å². The maximum absolute atomic E-state index is 13.1. The normalized spacial score (nSPS) is 11.8. The van der Waals surface area contributed by atoms with Gasteiger partial charge in [-0.3, -0.25) is 4.79 Å². The lowest BCUT2D eigenvalue weighted by Gasteiger charge is -2.12. The van der Waals surface area contributed by atoms with Gasteiger partial charge in [0.1, 0.15) is 0 Å². The van der Waals surface area contributed by atoms with E-state index in [-0.39, 0.29) is 5.41 Å². The average molecular weight is 236 g/mol. The minimum absolute atomic E-state index is 0.209. The second kappa shape index (κ2) is 3.84. The highest BCUT2D eigenvalue weighted by Gasteiger charge is 2.20. The summed E-state index contributed by atoms with van der Waals surface area (Å²) in [6.45, 7) is 5.90. The molecule has 0 saturated heterocycles. The van der Waals surface area contributed by atoms with Crippen molar-refractivity contribution in [2.24, 2.45) is 0 Å². The van der Waals surface area contributed by atoms with E-state index in [1.165, 1.54) is 12.4 Å². The molecule has 2 rings (SSSR count). The Bertz CT molecular complexity index is 593. The number of hydrogen-bond acceptors (Lipinski definition) is 3. The van der Waals surface area contributed by atoms with Gasteiger partial charge in [-0.05, 0) is 6.07 Å². The van der Waals surface area contributed by atoms with Gasteiger partial charge in [0.05, 0.1) is 6.20 Å². The molecule has 2 heterocycles. The molecule has 0 spiro atoms. The molecule has 0 aromatic carbocycles. The van der Waals surface area contributed by atoms with Crippen molar-refractivity contribution in [1.82, 2.24) is 9.97 Å². The first-order valence-corrected chi connectivity index (χ1v) is 5.23. The molecule has 17 heavy (non-hydrogen) atoms. The lowest BCUT2D eigenvalue weighted by atomic mass is 9.97. The summed E-state index contributed by atoms with van der Waals surface area (Å²) in [6.07, 6.45) is 2.92. The fourth-order valence-corrected chi connectivity index (χ4v) is 1.35. The van der Waals surface area contributed by atoms with Crippen LogP contribution in [0.5, 0.6) is 0 Å². The number of nitrogens with zero attached hydrogens (tertiary/aromatic N) is 1. The zero-order valence-electron chi connectivity index (χ0n) is 9.87. The summed E-state index contributed by atoms with van der Waals surface area (Å²) in [5.41, 5.74) is -0.492. The molecule has 0 aliphatic rings.